The number of aromatic nitrogens is 1. The van der Waals surface area contributed by atoms with Gasteiger partial charge in [-0.1, -0.05) is 5.92 Å². The first kappa shape index (κ1) is 13.4. The van der Waals surface area contributed by atoms with Crippen LogP contribution in [0.1, 0.15) is 23.0 Å². The number of hydrogen-bond acceptors (Lipinski definition) is 3. The molecule has 1 amide bonds. The summed E-state index contributed by atoms with van der Waals surface area (Å²) in [5.41, 5.74) is 7.80. The van der Waals surface area contributed by atoms with Gasteiger partial charge in [0.25, 0.3) is 5.91 Å². The van der Waals surface area contributed by atoms with Gasteiger partial charge in [-0.25, -0.2) is 0 Å². The molecule has 5 heteroatoms. The molecule has 0 saturated heterocycles. The SMILES string of the molecule is CC(=O)C#Cc1c[nH]c(C(=O)Nc2ccc(N)cc2)c1. The first-order valence-electron chi connectivity index (χ1n) is 5.92. The Morgan fingerprint density at radius 1 is 1.25 bits per heavy atom. The second-order valence-electron chi connectivity index (χ2n) is 4.18. The lowest BCUT2D eigenvalue weighted by atomic mass is 10.2. The van der Waals surface area contributed by atoms with E-state index in [-0.39, 0.29) is 11.7 Å². The maximum atomic E-state index is 12.0. The second-order valence-corrected chi connectivity index (χ2v) is 4.18. The number of ketones is 1. The van der Waals surface area contributed by atoms with E-state index in [1.807, 2.05) is 0 Å². The van der Waals surface area contributed by atoms with Crippen LogP contribution in [-0.2, 0) is 4.79 Å². The Morgan fingerprint density at radius 3 is 2.60 bits per heavy atom. The summed E-state index contributed by atoms with van der Waals surface area (Å²) in [5, 5.41) is 2.72. The van der Waals surface area contributed by atoms with Gasteiger partial charge in [-0.3, -0.25) is 9.59 Å². The van der Waals surface area contributed by atoms with E-state index < -0.39 is 0 Å². The number of aromatic amines is 1. The van der Waals surface area contributed by atoms with Gasteiger partial charge in [0.2, 0.25) is 5.78 Å². The third kappa shape index (κ3) is 3.50. The van der Waals surface area contributed by atoms with Gasteiger partial charge in [0, 0.05) is 30.1 Å². The van der Waals surface area contributed by atoms with Crippen LogP contribution in [0.3, 0.4) is 0 Å². The number of nitrogens with two attached hydrogens (primary N) is 1. The Balaban J connectivity index is 2.08. The number of rotatable bonds is 2. The third-order valence-corrected chi connectivity index (χ3v) is 2.48. The average Bonchev–Trinajstić information content (AvgIpc) is 2.88. The van der Waals surface area contributed by atoms with Gasteiger partial charge in [0.1, 0.15) is 5.69 Å². The van der Waals surface area contributed by atoms with Crippen LogP contribution in [0.15, 0.2) is 36.5 Å². The van der Waals surface area contributed by atoms with Crippen molar-refractivity contribution in [1.29, 1.82) is 0 Å². The number of Topliss-reactive ketones (excluding diaryl/α,β-unsaturated/α-hetero) is 1. The van der Waals surface area contributed by atoms with Crippen molar-refractivity contribution in [3.63, 3.8) is 0 Å². The average molecular weight is 267 g/mol. The standard InChI is InChI=1S/C15H13N3O2/c1-10(19)2-3-11-8-14(17-9-11)15(20)18-13-6-4-12(16)5-7-13/h4-9,17H,16H2,1H3,(H,18,20). The molecule has 5 nitrogen and oxygen atoms in total. The van der Waals surface area contributed by atoms with E-state index in [0.29, 0.717) is 22.6 Å². The van der Waals surface area contributed by atoms with E-state index in [0.717, 1.165) is 0 Å². The molecular weight excluding hydrogens is 254 g/mol. The lowest BCUT2D eigenvalue weighted by molar-refractivity contribution is -0.111. The maximum Gasteiger partial charge on any atom is 0.272 e. The van der Waals surface area contributed by atoms with Crippen molar-refractivity contribution in [3.8, 4) is 11.8 Å². The number of H-pyrrole nitrogens is 1. The fraction of sp³-hybridized carbons (Fsp3) is 0.0667. The molecule has 1 aromatic carbocycles. The minimum atomic E-state index is -0.286. The molecular formula is C15H13N3O2. The van der Waals surface area contributed by atoms with Crippen LogP contribution < -0.4 is 11.1 Å². The number of amides is 1. The quantitative estimate of drug-likeness (QED) is 0.572. The zero-order valence-electron chi connectivity index (χ0n) is 10.9. The van der Waals surface area contributed by atoms with Gasteiger partial charge < -0.3 is 16.0 Å². The molecule has 0 spiro atoms. The highest BCUT2D eigenvalue weighted by Crippen LogP contribution is 2.12. The number of anilines is 2. The van der Waals surface area contributed by atoms with Crippen LogP contribution >= 0.6 is 0 Å². The summed E-state index contributed by atoms with van der Waals surface area (Å²) in [6.07, 6.45) is 1.58. The molecule has 1 aromatic heterocycles. The summed E-state index contributed by atoms with van der Waals surface area (Å²) in [6, 6.07) is 8.42. The van der Waals surface area contributed by atoms with Gasteiger partial charge in [0.15, 0.2) is 0 Å². The highest BCUT2D eigenvalue weighted by molar-refractivity contribution is 6.03. The molecule has 0 bridgehead atoms. The number of carbonyl (C=O) groups is 2. The van der Waals surface area contributed by atoms with Crippen molar-refractivity contribution in [2.24, 2.45) is 0 Å². The minimum Gasteiger partial charge on any atom is -0.399 e. The van der Waals surface area contributed by atoms with Crippen LogP contribution in [-0.4, -0.2) is 16.7 Å². The molecule has 0 unspecified atom stereocenters. The summed E-state index contributed by atoms with van der Waals surface area (Å²) in [6.45, 7) is 1.38. The Labute approximate surface area is 116 Å². The fourth-order valence-electron chi connectivity index (χ4n) is 1.52. The lowest BCUT2D eigenvalue weighted by Gasteiger charge is -2.03. The normalized spacial score (nSPS) is 9.45. The number of nitrogens with one attached hydrogen (secondary N) is 2. The van der Waals surface area contributed by atoms with E-state index in [1.54, 1.807) is 36.5 Å². The number of benzene rings is 1. The topological polar surface area (TPSA) is 88.0 Å². The molecule has 1 heterocycles. The molecule has 4 N–H and O–H groups in total. The van der Waals surface area contributed by atoms with Crippen LogP contribution in [0.2, 0.25) is 0 Å². The van der Waals surface area contributed by atoms with Crippen molar-refractivity contribution in [1.82, 2.24) is 4.98 Å². The first-order chi connectivity index (χ1) is 9.54. The van der Waals surface area contributed by atoms with Gasteiger partial charge >= 0.3 is 0 Å². The summed E-state index contributed by atoms with van der Waals surface area (Å²) >= 11 is 0. The van der Waals surface area contributed by atoms with Crippen molar-refractivity contribution >= 4 is 23.1 Å². The molecule has 2 rings (SSSR count). The molecule has 0 fully saturated rings. The molecule has 0 aliphatic rings. The Morgan fingerprint density at radius 2 is 1.95 bits per heavy atom. The summed E-state index contributed by atoms with van der Waals surface area (Å²) in [5.74, 6) is 4.57. The summed E-state index contributed by atoms with van der Waals surface area (Å²) in [7, 11) is 0. The third-order valence-electron chi connectivity index (χ3n) is 2.48. The Hall–Kier alpha value is -3.00. The highest BCUT2D eigenvalue weighted by Gasteiger charge is 2.08. The van der Waals surface area contributed by atoms with Crippen molar-refractivity contribution < 1.29 is 9.59 Å². The lowest BCUT2D eigenvalue weighted by Crippen LogP contribution is -2.12. The highest BCUT2D eigenvalue weighted by atomic mass is 16.1. The van der Waals surface area contributed by atoms with Gasteiger partial charge in [0.05, 0.1) is 0 Å². The van der Waals surface area contributed by atoms with Crippen molar-refractivity contribution in [2.75, 3.05) is 11.1 Å². The van der Waals surface area contributed by atoms with E-state index in [2.05, 4.69) is 22.1 Å². The second kappa shape index (κ2) is 5.76. The molecule has 0 aliphatic heterocycles. The van der Waals surface area contributed by atoms with Crippen LogP contribution in [0, 0.1) is 11.8 Å². The van der Waals surface area contributed by atoms with Crippen molar-refractivity contribution in [2.45, 2.75) is 6.92 Å². The molecule has 0 saturated carbocycles. The molecule has 0 radical (unpaired) electrons. The van der Waals surface area contributed by atoms with E-state index in [9.17, 15) is 9.59 Å². The predicted octanol–water partition coefficient (Wildman–Crippen LogP) is 1.79. The first-order valence-corrected chi connectivity index (χ1v) is 5.92. The fourth-order valence-corrected chi connectivity index (χ4v) is 1.52. The largest absolute Gasteiger partial charge is 0.399 e. The van der Waals surface area contributed by atoms with Crippen LogP contribution in [0.5, 0.6) is 0 Å². The van der Waals surface area contributed by atoms with Gasteiger partial charge in [-0.2, -0.15) is 0 Å². The monoisotopic (exact) mass is 267 g/mol. The summed E-state index contributed by atoms with van der Waals surface area (Å²) < 4.78 is 0. The molecule has 100 valence electrons. The van der Waals surface area contributed by atoms with E-state index >= 15 is 0 Å². The molecule has 20 heavy (non-hydrogen) atoms. The molecule has 2 aromatic rings. The number of carbonyl (C=O) groups excluding carboxylic acids is 2. The van der Waals surface area contributed by atoms with Crippen molar-refractivity contribution in [3.05, 3.63) is 47.8 Å². The van der Waals surface area contributed by atoms with Crippen LogP contribution in [0.25, 0.3) is 0 Å². The van der Waals surface area contributed by atoms with Crippen LogP contribution in [0.4, 0.5) is 11.4 Å². The zero-order valence-corrected chi connectivity index (χ0v) is 10.9. The number of nitrogen functional groups attached to an aromatic ring is 1. The van der Waals surface area contributed by atoms with Gasteiger partial charge in [-0.05, 0) is 36.3 Å². The predicted molar refractivity (Wildman–Crippen MR) is 77.2 cm³/mol. The molecule has 0 atom stereocenters. The Kier molecular flexibility index (Phi) is 3.87. The van der Waals surface area contributed by atoms with E-state index in [1.165, 1.54) is 6.92 Å². The van der Waals surface area contributed by atoms with Gasteiger partial charge in [-0.15, -0.1) is 0 Å². The number of hydrogen-bond donors (Lipinski definition) is 3. The van der Waals surface area contributed by atoms with E-state index in [4.69, 9.17) is 5.73 Å². The smallest absolute Gasteiger partial charge is 0.272 e. The zero-order chi connectivity index (χ0) is 14.5. The Bertz CT molecular complexity index is 703. The summed E-state index contributed by atoms with van der Waals surface area (Å²) in [4.78, 5) is 25.5. The maximum absolute atomic E-state index is 12.0. The minimum absolute atomic E-state index is 0.223. The molecule has 0 aliphatic carbocycles.